The van der Waals surface area contributed by atoms with Crippen LogP contribution in [0.5, 0.6) is 5.75 Å². The first-order valence-electron chi connectivity index (χ1n) is 14.0. The monoisotopic (exact) mass is 645 g/mol. The summed E-state index contributed by atoms with van der Waals surface area (Å²) >= 11 is 1.97. The molecule has 6 rings (SSSR count). The molecule has 0 unspecified atom stereocenters. The molecule has 4 aromatic carbocycles. The summed E-state index contributed by atoms with van der Waals surface area (Å²) in [7, 11) is 0. The van der Waals surface area contributed by atoms with Gasteiger partial charge in [-0.1, -0.05) is 82.9 Å². The van der Waals surface area contributed by atoms with Crippen molar-refractivity contribution >= 4 is 46.9 Å². The quantitative estimate of drug-likeness (QED) is 0.0404. The summed E-state index contributed by atoms with van der Waals surface area (Å²) in [5.74, 6) is 2.95. The largest absolute Gasteiger partial charge is 0.439 e. The van der Waals surface area contributed by atoms with Gasteiger partial charge in [-0.25, -0.2) is 10.5 Å². The highest BCUT2D eigenvalue weighted by molar-refractivity contribution is 7.94. The third kappa shape index (κ3) is 7.41. The zero-order valence-electron chi connectivity index (χ0n) is 23.9. The number of rotatable bonds is 14. The Balaban J connectivity index is 1.30. The molecule has 2 N–H and O–H groups in total. The van der Waals surface area contributed by atoms with Gasteiger partial charge in [0.05, 0.1) is 17.5 Å². The number of allylic oxidation sites excluding steroid dienone is 2. The second-order valence-corrected chi connectivity index (χ2v) is 11.3. The van der Waals surface area contributed by atoms with E-state index in [0.717, 1.165) is 68.9 Å². The lowest BCUT2D eigenvalue weighted by Gasteiger charge is -2.17. The fourth-order valence-electron chi connectivity index (χ4n) is 5.11. The molecule has 0 bridgehead atoms. The molecule has 0 saturated heterocycles. The van der Waals surface area contributed by atoms with Gasteiger partial charge in [-0.3, -0.25) is 0 Å². The summed E-state index contributed by atoms with van der Waals surface area (Å²) in [6, 6.07) is 32.5. The van der Waals surface area contributed by atoms with Crippen molar-refractivity contribution in [1.29, 1.82) is 0 Å². The molecule has 1 aromatic heterocycles. The van der Waals surface area contributed by atoms with Gasteiger partial charge in [0.15, 0.2) is 12.3 Å². The zero-order chi connectivity index (χ0) is 30.8. The third-order valence-corrected chi connectivity index (χ3v) is 8.12. The van der Waals surface area contributed by atoms with E-state index in [1.165, 1.54) is 0 Å². The smallest absolute Gasteiger partial charge is 0.374 e. The van der Waals surface area contributed by atoms with Crippen molar-refractivity contribution in [2.24, 2.45) is 0 Å². The molecule has 0 saturated carbocycles. The van der Waals surface area contributed by atoms with Crippen LogP contribution in [0.2, 0.25) is 0 Å². The van der Waals surface area contributed by atoms with Gasteiger partial charge in [0.1, 0.15) is 0 Å². The van der Waals surface area contributed by atoms with E-state index >= 15 is 0 Å². The molecular formula is C33H29N2O8S2+. The highest BCUT2D eigenvalue weighted by Gasteiger charge is 2.27. The van der Waals surface area contributed by atoms with Crippen molar-refractivity contribution in [1.82, 2.24) is 0 Å². The summed E-state index contributed by atoms with van der Waals surface area (Å²) < 4.78 is 23.8. The van der Waals surface area contributed by atoms with Gasteiger partial charge in [0, 0.05) is 42.4 Å². The lowest BCUT2D eigenvalue weighted by molar-refractivity contribution is -0.673. The Bertz CT molecular complexity index is 1780. The molecule has 12 heteroatoms. The lowest BCUT2D eigenvalue weighted by Crippen LogP contribution is -2.36. The molecule has 0 atom stereocenters. The first kappa shape index (κ1) is 30.9. The van der Waals surface area contributed by atoms with Crippen LogP contribution < -0.4 is 14.2 Å². The highest BCUT2D eigenvalue weighted by Crippen LogP contribution is 2.41. The topological polar surface area (TPSA) is 107 Å². The van der Waals surface area contributed by atoms with E-state index in [1.54, 1.807) is 0 Å². The van der Waals surface area contributed by atoms with Crippen LogP contribution in [-0.4, -0.2) is 28.6 Å². The van der Waals surface area contributed by atoms with Gasteiger partial charge in [-0.15, -0.1) is 8.67 Å². The van der Waals surface area contributed by atoms with Crippen LogP contribution in [0, 0.1) is 0 Å². The van der Waals surface area contributed by atoms with Gasteiger partial charge in [-0.05, 0) is 52.6 Å². The maximum atomic E-state index is 8.55. The normalized spacial score (nSPS) is 13.6. The highest BCUT2D eigenvalue weighted by atomic mass is 32.2. The number of anilines is 1. The number of aryl methyl sites for hydroxylation is 1. The molecule has 0 fully saturated rings. The number of oxazole rings is 1. The van der Waals surface area contributed by atoms with Gasteiger partial charge >= 0.3 is 5.89 Å². The standard InChI is InChI=1S/C33H28N2O8S2/c36-40-42-44-20-18-34-28-22-26(24-8-3-1-4-9-24)14-16-30(28)38-32(34)12-7-13-33-35(19-21-45-43-41-37)29-23-27(15-17-31(29)39-33)25-10-5-2-6-11-25/h1-17,22-23H,18-21H2,(H-,36,37)/p+1. The SMILES string of the molecule is OOOSCCN1/C(=C\C=C\c2oc3ccc(-c4ccccc4)cc3[n+]2CCSOOO)Oc2ccc(-c3ccccc3)cc21. The maximum Gasteiger partial charge on any atom is 0.374 e. The Labute approximate surface area is 267 Å². The molecule has 45 heavy (non-hydrogen) atoms. The fourth-order valence-corrected chi connectivity index (χ4v) is 5.85. The van der Waals surface area contributed by atoms with Crippen LogP contribution in [-0.2, 0) is 25.3 Å². The van der Waals surface area contributed by atoms with E-state index < -0.39 is 0 Å². The summed E-state index contributed by atoms with van der Waals surface area (Å²) in [6.07, 6.45) is 5.63. The molecule has 10 nitrogen and oxygen atoms in total. The summed E-state index contributed by atoms with van der Waals surface area (Å²) in [6.45, 7) is 1.05. The zero-order valence-corrected chi connectivity index (χ0v) is 25.5. The predicted molar refractivity (Wildman–Crippen MR) is 173 cm³/mol. The Morgan fingerprint density at radius 2 is 1.42 bits per heavy atom. The molecular weight excluding hydrogens is 617 g/mol. The minimum Gasteiger partial charge on any atom is -0.439 e. The summed E-state index contributed by atoms with van der Waals surface area (Å²) in [4.78, 5) is 2.04. The van der Waals surface area contributed by atoms with Crippen LogP contribution in [0.1, 0.15) is 5.89 Å². The molecule has 5 aromatic rings. The molecule has 1 aliphatic heterocycles. The van der Waals surface area contributed by atoms with E-state index in [1.807, 2.05) is 88.4 Å². The molecule has 1 aliphatic rings. The van der Waals surface area contributed by atoms with Crippen LogP contribution in [0.15, 0.2) is 120 Å². The number of benzene rings is 4. The number of aromatic nitrogens is 1. The number of hydrogen-bond acceptors (Lipinski definition) is 11. The van der Waals surface area contributed by atoms with Crippen molar-refractivity contribution in [3.05, 3.63) is 121 Å². The van der Waals surface area contributed by atoms with Gasteiger partial charge in [0.2, 0.25) is 11.5 Å². The van der Waals surface area contributed by atoms with Gasteiger partial charge < -0.3 is 14.1 Å². The van der Waals surface area contributed by atoms with Crippen LogP contribution in [0.4, 0.5) is 5.69 Å². The summed E-state index contributed by atoms with van der Waals surface area (Å²) in [5.41, 5.74) is 6.89. The molecule has 230 valence electrons. The Kier molecular flexibility index (Phi) is 10.5. The second kappa shape index (κ2) is 15.3. The number of nitrogens with zero attached hydrogens (tertiary/aromatic N) is 2. The average Bonchev–Trinajstić information content (AvgIpc) is 3.62. The van der Waals surface area contributed by atoms with Crippen molar-refractivity contribution in [3.8, 4) is 28.0 Å². The Morgan fingerprint density at radius 3 is 2.13 bits per heavy atom. The average molecular weight is 646 g/mol. The second-order valence-electron chi connectivity index (χ2n) is 9.74. The number of ether oxygens (including phenoxy) is 1. The van der Waals surface area contributed by atoms with Crippen LogP contribution >= 0.6 is 24.1 Å². The van der Waals surface area contributed by atoms with Crippen molar-refractivity contribution in [3.63, 3.8) is 0 Å². The van der Waals surface area contributed by atoms with E-state index in [2.05, 4.69) is 55.1 Å². The van der Waals surface area contributed by atoms with Crippen molar-refractivity contribution < 1.29 is 43.0 Å². The van der Waals surface area contributed by atoms with E-state index in [9.17, 15) is 0 Å². The molecule has 0 amide bonds. The third-order valence-electron chi connectivity index (χ3n) is 7.11. The predicted octanol–water partition coefficient (Wildman–Crippen LogP) is 7.95. The minimum absolute atomic E-state index is 0.491. The first-order valence-corrected chi connectivity index (χ1v) is 15.8. The molecule has 0 radical (unpaired) electrons. The van der Waals surface area contributed by atoms with Crippen molar-refractivity contribution in [2.45, 2.75) is 6.54 Å². The van der Waals surface area contributed by atoms with E-state index in [-0.39, 0.29) is 0 Å². The van der Waals surface area contributed by atoms with E-state index in [0.29, 0.717) is 36.4 Å². The van der Waals surface area contributed by atoms with E-state index in [4.69, 9.17) is 19.7 Å². The number of fused-ring (bicyclic) bond motifs is 2. The Hall–Kier alpha value is -4.11. The van der Waals surface area contributed by atoms with Crippen LogP contribution in [0.25, 0.3) is 39.4 Å². The molecule has 2 heterocycles. The van der Waals surface area contributed by atoms with Gasteiger partial charge in [0.25, 0.3) is 5.52 Å². The fraction of sp³-hybridized carbons (Fsp3) is 0.121. The van der Waals surface area contributed by atoms with Crippen molar-refractivity contribution in [2.75, 3.05) is 23.0 Å². The minimum atomic E-state index is 0.491. The summed E-state index contributed by atoms with van der Waals surface area (Å²) in [5, 5.41) is 24.6. The molecule has 0 spiro atoms. The molecule has 0 aliphatic carbocycles. The Morgan fingerprint density at radius 1 is 0.756 bits per heavy atom. The first-order chi connectivity index (χ1) is 22.2. The number of hydrogen-bond donors (Lipinski definition) is 2. The van der Waals surface area contributed by atoms with Crippen LogP contribution in [0.3, 0.4) is 0 Å². The van der Waals surface area contributed by atoms with Gasteiger partial charge in [-0.2, -0.15) is 4.57 Å². The maximum absolute atomic E-state index is 8.55. The lowest BCUT2D eigenvalue weighted by atomic mass is 10.0.